The van der Waals surface area contributed by atoms with E-state index in [0.717, 1.165) is 0 Å². The van der Waals surface area contributed by atoms with Crippen molar-refractivity contribution in [3.05, 3.63) is 35.9 Å². The third-order valence-electron chi connectivity index (χ3n) is 3.74. The van der Waals surface area contributed by atoms with Crippen molar-refractivity contribution < 1.29 is 24.2 Å². The molecule has 0 saturated carbocycles. The largest absolute Gasteiger partial charge is 0.504 e. The molecule has 0 aromatic heterocycles. The Kier molecular flexibility index (Phi) is 4.70. The summed E-state index contributed by atoms with van der Waals surface area (Å²) in [6.07, 6.45) is 2.63. The Morgan fingerprint density at radius 3 is 2.68 bits per heavy atom. The zero-order valence-electron chi connectivity index (χ0n) is 12.7. The smallest absolute Gasteiger partial charge is 0.328 e. The van der Waals surface area contributed by atoms with Crippen molar-refractivity contribution in [3.63, 3.8) is 0 Å². The van der Waals surface area contributed by atoms with Crippen LogP contribution in [-0.4, -0.2) is 48.7 Å². The van der Waals surface area contributed by atoms with Crippen LogP contribution < -0.4 is 4.74 Å². The van der Waals surface area contributed by atoms with Gasteiger partial charge in [-0.1, -0.05) is 6.08 Å². The molecular formula is C16H19NO5. The lowest BCUT2D eigenvalue weighted by molar-refractivity contribution is -0.149. The van der Waals surface area contributed by atoms with E-state index in [4.69, 9.17) is 4.74 Å². The minimum Gasteiger partial charge on any atom is -0.504 e. The number of aromatic hydroxyl groups is 1. The molecule has 0 spiro atoms. The van der Waals surface area contributed by atoms with E-state index >= 15 is 0 Å². The minimum absolute atomic E-state index is 0.00734. The number of esters is 1. The normalized spacial score (nSPS) is 16.6. The summed E-state index contributed by atoms with van der Waals surface area (Å²) in [4.78, 5) is 25.6. The van der Waals surface area contributed by atoms with Crippen LogP contribution in [0.25, 0.3) is 0 Å². The number of phenols is 1. The second-order valence-corrected chi connectivity index (χ2v) is 5.01. The van der Waals surface area contributed by atoms with Crippen LogP contribution in [0.3, 0.4) is 0 Å². The lowest BCUT2D eigenvalue weighted by atomic mass is 9.99. The first-order chi connectivity index (χ1) is 10.5. The number of hydrogen-bond acceptors (Lipinski definition) is 5. The highest BCUT2D eigenvalue weighted by atomic mass is 16.5. The van der Waals surface area contributed by atoms with Crippen LogP contribution in [0.4, 0.5) is 0 Å². The fourth-order valence-corrected chi connectivity index (χ4v) is 2.43. The Bertz CT molecular complexity index is 611. The predicted molar refractivity (Wildman–Crippen MR) is 80.0 cm³/mol. The number of benzene rings is 1. The molecule has 1 aromatic carbocycles. The minimum atomic E-state index is -0.542. The van der Waals surface area contributed by atoms with Crippen LogP contribution >= 0.6 is 0 Å². The molecule has 2 rings (SSSR count). The van der Waals surface area contributed by atoms with Crippen molar-refractivity contribution in [2.24, 2.45) is 0 Å². The molecule has 1 N–H and O–H groups in total. The zero-order chi connectivity index (χ0) is 16.3. The van der Waals surface area contributed by atoms with Crippen molar-refractivity contribution in [2.45, 2.75) is 18.9 Å². The molecule has 1 fully saturated rings. The van der Waals surface area contributed by atoms with Gasteiger partial charge in [0.1, 0.15) is 6.04 Å². The predicted octanol–water partition coefficient (Wildman–Crippen LogP) is 1.52. The van der Waals surface area contributed by atoms with E-state index in [1.165, 1.54) is 25.2 Å². The fourth-order valence-electron chi connectivity index (χ4n) is 2.43. The van der Waals surface area contributed by atoms with Crippen LogP contribution in [0.15, 0.2) is 24.8 Å². The SMILES string of the molecule is C=CCc1cc(C(=O)N2CC[C@@H]2C(=O)OC)cc(OC)c1O. The molecule has 118 valence electrons. The van der Waals surface area contributed by atoms with Crippen LogP contribution in [0.2, 0.25) is 0 Å². The maximum Gasteiger partial charge on any atom is 0.328 e. The van der Waals surface area contributed by atoms with E-state index in [1.54, 1.807) is 12.1 Å². The highest BCUT2D eigenvalue weighted by Gasteiger charge is 2.39. The summed E-state index contributed by atoms with van der Waals surface area (Å²) in [6.45, 7) is 4.13. The third kappa shape index (κ3) is 2.77. The average Bonchev–Trinajstić information content (AvgIpc) is 2.48. The maximum absolute atomic E-state index is 12.5. The van der Waals surface area contributed by atoms with Crippen LogP contribution in [0.1, 0.15) is 22.3 Å². The van der Waals surface area contributed by atoms with E-state index in [-0.39, 0.29) is 17.4 Å². The topological polar surface area (TPSA) is 76.1 Å². The number of phenolic OH excluding ortho intramolecular Hbond substituents is 1. The molecule has 1 amide bonds. The summed E-state index contributed by atoms with van der Waals surface area (Å²) < 4.78 is 9.79. The van der Waals surface area contributed by atoms with E-state index in [0.29, 0.717) is 30.5 Å². The number of nitrogens with zero attached hydrogens (tertiary/aromatic N) is 1. The zero-order valence-corrected chi connectivity index (χ0v) is 12.7. The van der Waals surface area contributed by atoms with Gasteiger partial charge in [-0.15, -0.1) is 6.58 Å². The molecule has 6 heteroatoms. The van der Waals surface area contributed by atoms with Crippen LogP contribution in [0.5, 0.6) is 11.5 Å². The van der Waals surface area contributed by atoms with E-state index < -0.39 is 12.0 Å². The van der Waals surface area contributed by atoms with Gasteiger partial charge in [0, 0.05) is 17.7 Å². The highest BCUT2D eigenvalue weighted by Crippen LogP contribution is 2.33. The Morgan fingerprint density at radius 1 is 1.45 bits per heavy atom. The first-order valence-corrected chi connectivity index (χ1v) is 6.93. The second-order valence-electron chi connectivity index (χ2n) is 5.01. The first-order valence-electron chi connectivity index (χ1n) is 6.93. The van der Waals surface area contributed by atoms with Gasteiger partial charge in [-0.25, -0.2) is 4.79 Å². The van der Waals surface area contributed by atoms with E-state index in [2.05, 4.69) is 11.3 Å². The number of amides is 1. The number of carbonyl (C=O) groups excluding carboxylic acids is 2. The molecule has 0 radical (unpaired) electrons. The van der Waals surface area contributed by atoms with Crippen molar-refractivity contribution in [3.8, 4) is 11.5 Å². The Balaban J connectivity index is 2.31. The molecule has 1 aromatic rings. The quantitative estimate of drug-likeness (QED) is 0.659. The molecule has 0 bridgehead atoms. The molecule has 0 unspecified atom stereocenters. The Hall–Kier alpha value is -2.50. The summed E-state index contributed by atoms with van der Waals surface area (Å²) in [6, 6.07) is 2.52. The molecular weight excluding hydrogens is 286 g/mol. The number of carbonyl (C=O) groups is 2. The van der Waals surface area contributed by atoms with Gasteiger partial charge < -0.3 is 19.5 Å². The second kappa shape index (κ2) is 6.51. The molecule has 22 heavy (non-hydrogen) atoms. The molecule has 1 heterocycles. The van der Waals surface area contributed by atoms with Crippen molar-refractivity contribution in [1.29, 1.82) is 0 Å². The van der Waals surface area contributed by atoms with Gasteiger partial charge >= 0.3 is 5.97 Å². The standard InChI is InChI=1S/C16H19NO5/c1-4-5-10-8-11(9-13(21-2)14(10)18)15(19)17-7-6-12(17)16(20)22-3/h4,8-9,12,18H,1,5-7H2,2-3H3/t12-/m1/s1. The molecule has 1 aliphatic rings. The van der Waals surface area contributed by atoms with Gasteiger partial charge in [0.2, 0.25) is 0 Å². The summed E-state index contributed by atoms with van der Waals surface area (Å²) >= 11 is 0. The Morgan fingerprint density at radius 2 is 2.18 bits per heavy atom. The van der Waals surface area contributed by atoms with Gasteiger partial charge in [-0.2, -0.15) is 0 Å². The van der Waals surface area contributed by atoms with Gasteiger partial charge in [0.15, 0.2) is 11.5 Å². The summed E-state index contributed by atoms with van der Waals surface area (Å²) in [5.41, 5.74) is 0.910. The van der Waals surface area contributed by atoms with Crippen molar-refractivity contribution >= 4 is 11.9 Å². The van der Waals surface area contributed by atoms with Crippen molar-refractivity contribution in [1.82, 2.24) is 4.90 Å². The van der Waals surface area contributed by atoms with Gasteiger partial charge in [-0.05, 0) is 25.0 Å². The van der Waals surface area contributed by atoms with Crippen LogP contribution in [-0.2, 0) is 16.0 Å². The van der Waals surface area contributed by atoms with Gasteiger partial charge in [0.25, 0.3) is 5.91 Å². The monoisotopic (exact) mass is 305 g/mol. The molecule has 0 aliphatic carbocycles. The van der Waals surface area contributed by atoms with E-state index in [9.17, 15) is 14.7 Å². The summed E-state index contributed by atoms with van der Waals surface area (Å²) in [7, 11) is 2.72. The number of methoxy groups -OCH3 is 2. The van der Waals surface area contributed by atoms with Gasteiger partial charge in [0.05, 0.1) is 14.2 Å². The van der Waals surface area contributed by atoms with Gasteiger partial charge in [-0.3, -0.25) is 4.79 Å². The molecule has 6 nitrogen and oxygen atoms in total. The molecule has 1 saturated heterocycles. The number of rotatable bonds is 5. The third-order valence-corrected chi connectivity index (χ3v) is 3.74. The number of likely N-dealkylation sites (tertiary alicyclic amines) is 1. The average molecular weight is 305 g/mol. The van der Waals surface area contributed by atoms with Crippen molar-refractivity contribution in [2.75, 3.05) is 20.8 Å². The molecule has 1 aliphatic heterocycles. The molecule has 1 atom stereocenters. The summed E-state index contributed by atoms with van der Waals surface area (Å²) in [5, 5.41) is 10.0. The number of allylic oxidation sites excluding steroid dienone is 1. The maximum atomic E-state index is 12.5. The first kappa shape index (κ1) is 15.9. The Labute approximate surface area is 128 Å². The lowest BCUT2D eigenvalue weighted by Crippen LogP contribution is -2.55. The number of ether oxygens (including phenoxy) is 2. The fraction of sp³-hybridized carbons (Fsp3) is 0.375. The lowest BCUT2D eigenvalue weighted by Gasteiger charge is -2.38. The number of hydrogen-bond donors (Lipinski definition) is 1. The van der Waals surface area contributed by atoms with E-state index in [1.807, 2.05) is 0 Å². The highest BCUT2D eigenvalue weighted by molar-refractivity contribution is 5.98. The van der Waals surface area contributed by atoms with Crippen LogP contribution in [0, 0.1) is 0 Å². The summed E-state index contributed by atoms with van der Waals surface area (Å²) in [5.74, 6) is -0.494.